The fourth-order valence-electron chi connectivity index (χ4n) is 3.18. The Morgan fingerprint density at radius 2 is 2.03 bits per heavy atom. The predicted molar refractivity (Wildman–Crippen MR) is 109 cm³/mol. The standard InChI is InChI=1S/C20H24F4N6O/c1-2-25-19(28-11-14-5-3-9-27-18(14)31-13-20(22,23)24)29-15-7-10-30(12-15)17-16(21)6-4-8-26-17/h3-6,8-9,15H,2,7,10-13H2,1H3,(H2,25,28,29). The summed E-state index contributed by atoms with van der Waals surface area (Å²) in [4.78, 5) is 14.3. The van der Waals surface area contributed by atoms with Crippen LogP contribution in [0.3, 0.4) is 0 Å². The second kappa shape index (κ2) is 10.3. The van der Waals surface area contributed by atoms with Gasteiger partial charge in [-0.1, -0.05) is 6.07 Å². The maximum absolute atomic E-state index is 14.0. The van der Waals surface area contributed by atoms with Gasteiger partial charge in [0.05, 0.1) is 6.54 Å². The Morgan fingerprint density at radius 1 is 1.26 bits per heavy atom. The zero-order chi connectivity index (χ0) is 22.3. The molecule has 2 aromatic heterocycles. The average molecular weight is 440 g/mol. The van der Waals surface area contributed by atoms with E-state index in [4.69, 9.17) is 4.74 Å². The number of aliphatic imine (C=N–C) groups is 1. The summed E-state index contributed by atoms with van der Waals surface area (Å²) in [6.45, 7) is 2.36. The highest BCUT2D eigenvalue weighted by atomic mass is 19.4. The van der Waals surface area contributed by atoms with Crippen LogP contribution in [0.1, 0.15) is 18.9 Å². The van der Waals surface area contributed by atoms with Crippen molar-refractivity contribution in [3.05, 3.63) is 48.0 Å². The minimum atomic E-state index is -4.45. The van der Waals surface area contributed by atoms with Gasteiger partial charge in [0, 0.05) is 43.6 Å². The first-order valence-electron chi connectivity index (χ1n) is 9.89. The van der Waals surface area contributed by atoms with Gasteiger partial charge in [0.15, 0.2) is 24.2 Å². The molecule has 7 nitrogen and oxygen atoms in total. The summed E-state index contributed by atoms with van der Waals surface area (Å²) >= 11 is 0. The lowest BCUT2D eigenvalue weighted by Gasteiger charge is -2.20. The van der Waals surface area contributed by atoms with E-state index in [1.165, 1.54) is 12.3 Å². The van der Waals surface area contributed by atoms with E-state index >= 15 is 0 Å². The van der Waals surface area contributed by atoms with E-state index in [0.717, 1.165) is 6.42 Å². The smallest absolute Gasteiger partial charge is 0.422 e. The number of nitrogens with zero attached hydrogens (tertiary/aromatic N) is 4. The van der Waals surface area contributed by atoms with Crippen molar-refractivity contribution in [3.63, 3.8) is 0 Å². The number of nitrogens with one attached hydrogen (secondary N) is 2. The molecule has 2 N–H and O–H groups in total. The van der Waals surface area contributed by atoms with E-state index in [9.17, 15) is 17.6 Å². The molecule has 2 aromatic rings. The van der Waals surface area contributed by atoms with Crippen LogP contribution < -0.4 is 20.3 Å². The summed E-state index contributed by atoms with van der Waals surface area (Å²) < 4.78 is 56.2. The molecule has 168 valence electrons. The first-order valence-corrected chi connectivity index (χ1v) is 9.89. The van der Waals surface area contributed by atoms with E-state index in [0.29, 0.717) is 37.0 Å². The van der Waals surface area contributed by atoms with Crippen LogP contribution in [0.25, 0.3) is 0 Å². The quantitative estimate of drug-likeness (QED) is 0.392. The van der Waals surface area contributed by atoms with Gasteiger partial charge in [0.2, 0.25) is 5.88 Å². The van der Waals surface area contributed by atoms with Gasteiger partial charge in [-0.2, -0.15) is 13.2 Å². The van der Waals surface area contributed by atoms with E-state index < -0.39 is 12.8 Å². The Labute approximate surface area is 177 Å². The molecular weight excluding hydrogens is 416 g/mol. The number of anilines is 1. The van der Waals surface area contributed by atoms with Gasteiger partial charge >= 0.3 is 6.18 Å². The molecule has 0 bridgehead atoms. The van der Waals surface area contributed by atoms with Crippen molar-refractivity contribution < 1.29 is 22.3 Å². The first-order chi connectivity index (χ1) is 14.9. The number of pyridine rings is 2. The molecule has 0 spiro atoms. The van der Waals surface area contributed by atoms with Crippen molar-refractivity contribution in [1.29, 1.82) is 0 Å². The lowest BCUT2D eigenvalue weighted by Crippen LogP contribution is -2.44. The van der Waals surface area contributed by atoms with Gasteiger partial charge in [0.1, 0.15) is 0 Å². The van der Waals surface area contributed by atoms with E-state index in [-0.39, 0.29) is 24.3 Å². The third kappa shape index (κ3) is 6.69. The Morgan fingerprint density at radius 3 is 2.77 bits per heavy atom. The number of hydrogen-bond donors (Lipinski definition) is 2. The molecule has 11 heteroatoms. The molecule has 0 radical (unpaired) electrons. The fourth-order valence-corrected chi connectivity index (χ4v) is 3.18. The van der Waals surface area contributed by atoms with Gasteiger partial charge in [0.25, 0.3) is 0 Å². The van der Waals surface area contributed by atoms with Gasteiger partial charge in [-0.25, -0.2) is 19.4 Å². The van der Waals surface area contributed by atoms with Crippen LogP contribution >= 0.6 is 0 Å². The van der Waals surface area contributed by atoms with Crippen LogP contribution in [-0.4, -0.2) is 54.4 Å². The summed E-state index contributed by atoms with van der Waals surface area (Å²) in [5.41, 5.74) is 0.438. The number of alkyl halides is 3. The molecule has 0 saturated carbocycles. The van der Waals surface area contributed by atoms with Crippen molar-refractivity contribution in [3.8, 4) is 5.88 Å². The summed E-state index contributed by atoms with van der Waals surface area (Å²) in [6, 6.07) is 6.16. The third-order valence-electron chi connectivity index (χ3n) is 4.54. The molecule has 1 aliphatic rings. The highest BCUT2D eigenvalue weighted by Gasteiger charge is 2.29. The monoisotopic (exact) mass is 440 g/mol. The van der Waals surface area contributed by atoms with Crippen molar-refractivity contribution in [2.24, 2.45) is 4.99 Å². The number of guanidine groups is 1. The first kappa shape index (κ1) is 22.6. The molecule has 3 heterocycles. The molecule has 31 heavy (non-hydrogen) atoms. The molecule has 1 saturated heterocycles. The number of aromatic nitrogens is 2. The Hall–Kier alpha value is -3.11. The zero-order valence-electron chi connectivity index (χ0n) is 17.0. The summed E-state index contributed by atoms with van der Waals surface area (Å²) in [6.07, 6.45) is -0.771. The second-order valence-corrected chi connectivity index (χ2v) is 6.95. The minimum Gasteiger partial charge on any atom is -0.468 e. The molecule has 1 atom stereocenters. The van der Waals surface area contributed by atoms with Crippen LogP contribution in [0.4, 0.5) is 23.4 Å². The van der Waals surface area contributed by atoms with Crippen LogP contribution in [-0.2, 0) is 6.54 Å². The molecule has 3 rings (SSSR count). The fraction of sp³-hybridized carbons (Fsp3) is 0.450. The SMILES string of the molecule is CCNC(=NCc1cccnc1OCC(F)(F)F)NC1CCN(c2ncccc2F)C1. The maximum Gasteiger partial charge on any atom is 0.422 e. The van der Waals surface area contributed by atoms with Crippen molar-refractivity contribution in [2.45, 2.75) is 32.1 Å². The molecule has 0 aromatic carbocycles. The normalized spacial score (nSPS) is 17.0. The Bertz CT molecular complexity index is 892. The maximum atomic E-state index is 14.0. The van der Waals surface area contributed by atoms with Crippen LogP contribution in [0.5, 0.6) is 5.88 Å². The van der Waals surface area contributed by atoms with Crippen LogP contribution in [0.2, 0.25) is 0 Å². The summed E-state index contributed by atoms with van der Waals surface area (Å²) in [5, 5.41) is 6.40. The Kier molecular flexibility index (Phi) is 7.48. The van der Waals surface area contributed by atoms with Crippen molar-refractivity contribution in [1.82, 2.24) is 20.6 Å². The van der Waals surface area contributed by atoms with Crippen molar-refractivity contribution >= 4 is 11.8 Å². The third-order valence-corrected chi connectivity index (χ3v) is 4.54. The molecule has 1 unspecified atom stereocenters. The van der Waals surface area contributed by atoms with Gasteiger partial charge in [-0.05, 0) is 31.5 Å². The lowest BCUT2D eigenvalue weighted by atomic mass is 10.2. The zero-order valence-corrected chi connectivity index (χ0v) is 17.0. The number of rotatable bonds is 7. The van der Waals surface area contributed by atoms with E-state index in [1.807, 2.05) is 11.8 Å². The lowest BCUT2D eigenvalue weighted by molar-refractivity contribution is -0.154. The highest BCUT2D eigenvalue weighted by molar-refractivity contribution is 5.80. The molecule has 0 amide bonds. The molecule has 1 fully saturated rings. The second-order valence-electron chi connectivity index (χ2n) is 6.95. The van der Waals surface area contributed by atoms with Gasteiger partial charge in [-0.15, -0.1) is 0 Å². The Balaban J connectivity index is 1.63. The highest BCUT2D eigenvalue weighted by Crippen LogP contribution is 2.22. The topological polar surface area (TPSA) is 74.7 Å². The molecular formula is C20H24F4N6O. The van der Waals surface area contributed by atoms with E-state index in [2.05, 4.69) is 25.6 Å². The van der Waals surface area contributed by atoms with Gasteiger partial charge in [-0.3, -0.25) is 0 Å². The van der Waals surface area contributed by atoms with Crippen molar-refractivity contribution in [2.75, 3.05) is 31.1 Å². The minimum absolute atomic E-state index is 0.00838. The summed E-state index contributed by atoms with van der Waals surface area (Å²) in [5.74, 6) is 0.348. The molecule has 0 aliphatic carbocycles. The van der Waals surface area contributed by atoms with Crippen LogP contribution in [0, 0.1) is 5.82 Å². The predicted octanol–water partition coefficient (Wildman–Crippen LogP) is 2.89. The van der Waals surface area contributed by atoms with Gasteiger partial charge < -0.3 is 20.3 Å². The number of ether oxygens (including phenoxy) is 1. The van der Waals surface area contributed by atoms with Crippen LogP contribution in [0.15, 0.2) is 41.7 Å². The molecule has 1 aliphatic heterocycles. The number of halogens is 4. The van der Waals surface area contributed by atoms with E-state index in [1.54, 1.807) is 24.4 Å². The summed E-state index contributed by atoms with van der Waals surface area (Å²) in [7, 11) is 0. The largest absolute Gasteiger partial charge is 0.468 e. The average Bonchev–Trinajstić information content (AvgIpc) is 3.19. The number of hydrogen-bond acceptors (Lipinski definition) is 5.